The molecule has 0 bridgehead atoms. The number of nitrogens with zero attached hydrogens (tertiary/aromatic N) is 3. The van der Waals surface area contributed by atoms with Gasteiger partial charge in [0.2, 0.25) is 11.7 Å². The number of aryl methyl sites for hydroxylation is 1. The van der Waals surface area contributed by atoms with Crippen LogP contribution in [0.15, 0.2) is 21.3 Å². The molecule has 18 heavy (non-hydrogen) atoms. The van der Waals surface area contributed by atoms with E-state index in [4.69, 9.17) is 4.52 Å². The SMILES string of the molecule is CSCC(C)c1nc(-c2ncc(Br)cc2C)no1. The Kier molecular flexibility index (Phi) is 4.40. The lowest BCUT2D eigenvalue weighted by molar-refractivity contribution is 0.367. The molecule has 0 aromatic carbocycles. The zero-order valence-electron chi connectivity index (χ0n) is 10.5. The van der Waals surface area contributed by atoms with Crippen molar-refractivity contribution in [3.05, 3.63) is 28.2 Å². The minimum Gasteiger partial charge on any atom is -0.339 e. The van der Waals surface area contributed by atoms with Crippen molar-refractivity contribution in [3.63, 3.8) is 0 Å². The van der Waals surface area contributed by atoms with E-state index >= 15 is 0 Å². The summed E-state index contributed by atoms with van der Waals surface area (Å²) in [5.41, 5.74) is 1.79. The summed E-state index contributed by atoms with van der Waals surface area (Å²) in [6, 6.07) is 1.99. The van der Waals surface area contributed by atoms with Gasteiger partial charge in [-0.05, 0) is 40.7 Å². The number of hydrogen-bond acceptors (Lipinski definition) is 5. The third kappa shape index (κ3) is 2.92. The Hall–Kier alpha value is -0.880. The van der Waals surface area contributed by atoms with Gasteiger partial charge in [-0.3, -0.25) is 4.98 Å². The Labute approximate surface area is 119 Å². The molecule has 6 heteroatoms. The first kappa shape index (κ1) is 13.5. The molecule has 0 N–H and O–H groups in total. The van der Waals surface area contributed by atoms with E-state index in [1.807, 2.05) is 13.0 Å². The van der Waals surface area contributed by atoms with E-state index in [-0.39, 0.29) is 5.92 Å². The van der Waals surface area contributed by atoms with Crippen LogP contribution in [0.2, 0.25) is 0 Å². The molecule has 2 heterocycles. The van der Waals surface area contributed by atoms with Gasteiger partial charge in [-0.25, -0.2) is 0 Å². The minimum atomic E-state index is 0.261. The lowest BCUT2D eigenvalue weighted by Crippen LogP contribution is -1.97. The van der Waals surface area contributed by atoms with Crippen molar-refractivity contribution in [3.8, 4) is 11.5 Å². The molecule has 2 aromatic rings. The highest BCUT2D eigenvalue weighted by Gasteiger charge is 2.16. The first-order valence-electron chi connectivity index (χ1n) is 5.57. The summed E-state index contributed by atoms with van der Waals surface area (Å²) in [5.74, 6) is 2.46. The Morgan fingerprint density at radius 1 is 1.50 bits per heavy atom. The molecule has 0 radical (unpaired) electrons. The number of hydrogen-bond donors (Lipinski definition) is 0. The van der Waals surface area contributed by atoms with E-state index in [0.29, 0.717) is 11.7 Å². The zero-order chi connectivity index (χ0) is 13.1. The van der Waals surface area contributed by atoms with Crippen LogP contribution in [0.5, 0.6) is 0 Å². The van der Waals surface area contributed by atoms with Crippen LogP contribution in [0.4, 0.5) is 0 Å². The second-order valence-corrected chi connectivity index (χ2v) is 5.96. The number of halogens is 1. The van der Waals surface area contributed by atoms with Crippen LogP contribution in [-0.4, -0.2) is 27.1 Å². The van der Waals surface area contributed by atoms with Crippen molar-refractivity contribution in [2.24, 2.45) is 0 Å². The summed E-state index contributed by atoms with van der Waals surface area (Å²) in [5, 5.41) is 4.01. The van der Waals surface area contributed by atoms with Crippen LogP contribution in [-0.2, 0) is 0 Å². The molecule has 2 aromatic heterocycles. The van der Waals surface area contributed by atoms with Gasteiger partial charge >= 0.3 is 0 Å². The average molecular weight is 328 g/mol. The van der Waals surface area contributed by atoms with Gasteiger partial charge < -0.3 is 4.52 Å². The van der Waals surface area contributed by atoms with Crippen molar-refractivity contribution in [1.29, 1.82) is 0 Å². The first-order chi connectivity index (χ1) is 8.61. The van der Waals surface area contributed by atoms with Crippen LogP contribution in [0, 0.1) is 6.92 Å². The zero-order valence-corrected chi connectivity index (χ0v) is 12.9. The minimum absolute atomic E-state index is 0.261. The predicted molar refractivity (Wildman–Crippen MR) is 76.8 cm³/mol. The molecule has 0 fully saturated rings. The quantitative estimate of drug-likeness (QED) is 0.857. The van der Waals surface area contributed by atoms with Gasteiger partial charge in [0.25, 0.3) is 0 Å². The van der Waals surface area contributed by atoms with Gasteiger partial charge in [-0.1, -0.05) is 12.1 Å². The normalized spacial score (nSPS) is 12.7. The maximum absolute atomic E-state index is 5.29. The molecule has 0 amide bonds. The van der Waals surface area contributed by atoms with Crippen molar-refractivity contribution in [1.82, 2.24) is 15.1 Å². The highest BCUT2D eigenvalue weighted by Crippen LogP contribution is 2.24. The number of rotatable bonds is 4. The fraction of sp³-hybridized carbons (Fsp3) is 0.417. The second kappa shape index (κ2) is 5.84. The molecule has 2 rings (SSSR count). The Morgan fingerprint density at radius 2 is 2.28 bits per heavy atom. The Morgan fingerprint density at radius 3 is 2.94 bits per heavy atom. The molecule has 4 nitrogen and oxygen atoms in total. The second-order valence-electron chi connectivity index (χ2n) is 4.13. The summed E-state index contributed by atoms with van der Waals surface area (Å²) in [6.45, 7) is 4.06. The fourth-order valence-corrected chi connectivity index (χ4v) is 2.72. The topological polar surface area (TPSA) is 51.8 Å². The van der Waals surface area contributed by atoms with E-state index in [1.54, 1.807) is 18.0 Å². The third-order valence-corrected chi connectivity index (χ3v) is 3.80. The van der Waals surface area contributed by atoms with Gasteiger partial charge in [-0.15, -0.1) is 0 Å². The first-order valence-corrected chi connectivity index (χ1v) is 7.75. The van der Waals surface area contributed by atoms with E-state index in [0.717, 1.165) is 21.5 Å². The predicted octanol–water partition coefficient (Wildman–Crippen LogP) is 3.67. The summed E-state index contributed by atoms with van der Waals surface area (Å²) in [4.78, 5) is 8.75. The monoisotopic (exact) mass is 327 g/mol. The third-order valence-electron chi connectivity index (χ3n) is 2.54. The number of aromatic nitrogens is 3. The molecule has 0 aliphatic carbocycles. The van der Waals surface area contributed by atoms with E-state index < -0.39 is 0 Å². The van der Waals surface area contributed by atoms with Gasteiger partial charge in [0.1, 0.15) is 5.69 Å². The maximum Gasteiger partial charge on any atom is 0.230 e. The molecule has 0 spiro atoms. The Bertz CT molecular complexity index is 544. The molecule has 0 aliphatic rings. The standard InChI is InChI=1S/C12H14BrN3OS/c1-7-4-9(13)5-14-10(7)11-15-12(17-16-11)8(2)6-18-3/h4-5,8H,6H2,1-3H3. The van der Waals surface area contributed by atoms with Crippen LogP contribution in [0.1, 0.15) is 24.3 Å². The molecular formula is C12H14BrN3OS. The molecule has 0 aliphatic heterocycles. The molecule has 1 unspecified atom stereocenters. The smallest absolute Gasteiger partial charge is 0.230 e. The molecule has 96 valence electrons. The molecular weight excluding hydrogens is 314 g/mol. The summed E-state index contributed by atoms with van der Waals surface area (Å²) in [7, 11) is 0. The highest BCUT2D eigenvalue weighted by atomic mass is 79.9. The van der Waals surface area contributed by atoms with E-state index in [9.17, 15) is 0 Å². The van der Waals surface area contributed by atoms with Gasteiger partial charge in [0.05, 0.1) is 0 Å². The average Bonchev–Trinajstić information content (AvgIpc) is 2.78. The largest absolute Gasteiger partial charge is 0.339 e. The highest BCUT2D eigenvalue weighted by molar-refractivity contribution is 9.10. The summed E-state index contributed by atoms with van der Waals surface area (Å²) < 4.78 is 6.24. The van der Waals surface area contributed by atoms with Crippen LogP contribution >= 0.6 is 27.7 Å². The maximum atomic E-state index is 5.29. The van der Waals surface area contributed by atoms with Gasteiger partial charge in [-0.2, -0.15) is 16.7 Å². The van der Waals surface area contributed by atoms with E-state index in [2.05, 4.69) is 44.2 Å². The fourth-order valence-electron chi connectivity index (χ4n) is 1.63. The lowest BCUT2D eigenvalue weighted by atomic mass is 10.2. The Balaban J connectivity index is 2.29. The molecule has 0 saturated carbocycles. The van der Waals surface area contributed by atoms with Gasteiger partial charge in [0.15, 0.2) is 0 Å². The van der Waals surface area contributed by atoms with Crippen LogP contribution in [0.25, 0.3) is 11.5 Å². The summed E-state index contributed by atoms with van der Waals surface area (Å²) in [6.07, 6.45) is 3.80. The van der Waals surface area contributed by atoms with Crippen molar-refractivity contribution in [2.45, 2.75) is 19.8 Å². The number of pyridine rings is 1. The van der Waals surface area contributed by atoms with Crippen molar-refractivity contribution < 1.29 is 4.52 Å². The van der Waals surface area contributed by atoms with E-state index in [1.165, 1.54) is 0 Å². The van der Waals surface area contributed by atoms with Crippen molar-refractivity contribution >= 4 is 27.7 Å². The van der Waals surface area contributed by atoms with Crippen LogP contribution < -0.4 is 0 Å². The van der Waals surface area contributed by atoms with Crippen LogP contribution in [0.3, 0.4) is 0 Å². The molecule has 0 saturated heterocycles. The number of thioether (sulfide) groups is 1. The van der Waals surface area contributed by atoms with Crippen molar-refractivity contribution in [2.75, 3.05) is 12.0 Å². The lowest BCUT2D eigenvalue weighted by Gasteiger charge is -2.02. The van der Waals surface area contributed by atoms with Gasteiger partial charge in [0, 0.05) is 22.3 Å². The summed E-state index contributed by atoms with van der Waals surface area (Å²) >= 11 is 5.15. The molecule has 1 atom stereocenters.